The number of morpholine rings is 1. The number of ether oxygens (including phenoxy) is 3. The van der Waals surface area contributed by atoms with Crippen molar-refractivity contribution in [2.75, 3.05) is 53.6 Å². The number of aliphatic hydroxyl groups excluding tert-OH is 1. The minimum atomic E-state index is -0.661. The second-order valence-electron chi connectivity index (χ2n) is 6.79. The summed E-state index contributed by atoms with van der Waals surface area (Å²) >= 11 is 0. The molecule has 1 saturated heterocycles. The van der Waals surface area contributed by atoms with Gasteiger partial charge in [-0.05, 0) is 24.6 Å². The fourth-order valence-corrected chi connectivity index (χ4v) is 3.69. The van der Waals surface area contributed by atoms with E-state index >= 15 is 0 Å². The van der Waals surface area contributed by atoms with Gasteiger partial charge in [0, 0.05) is 26.2 Å². The lowest BCUT2D eigenvalue weighted by molar-refractivity contribution is -0.129. The van der Waals surface area contributed by atoms with Gasteiger partial charge >= 0.3 is 0 Å². The van der Waals surface area contributed by atoms with E-state index in [1.165, 1.54) is 21.1 Å². The molecule has 1 atom stereocenters. The molecule has 0 aliphatic carbocycles. The molecule has 1 amide bonds. The molecule has 1 unspecified atom stereocenters. The van der Waals surface area contributed by atoms with Crippen molar-refractivity contribution in [3.63, 3.8) is 0 Å². The summed E-state index contributed by atoms with van der Waals surface area (Å²) in [7, 11) is 3.06. The quantitative estimate of drug-likeness (QED) is 0.751. The lowest BCUT2D eigenvalue weighted by Crippen LogP contribution is -2.43. The van der Waals surface area contributed by atoms with Gasteiger partial charge in [0.05, 0.1) is 39.0 Å². The molecule has 3 rings (SSSR count). The van der Waals surface area contributed by atoms with Crippen LogP contribution in [0.25, 0.3) is 0 Å². The van der Waals surface area contributed by atoms with Gasteiger partial charge in [-0.25, -0.2) is 0 Å². The Labute approximate surface area is 164 Å². The zero-order valence-corrected chi connectivity index (χ0v) is 16.4. The van der Waals surface area contributed by atoms with Crippen molar-refractivity contribution in [3.8, 4) is 11.5 Å². The molecule has 152 valence electrons. The van der Waals surface area contributed by atoms with Crippen molar-refractivity contribution >= 4 is 11.7 Å². The number of hydrogen-bond acceptors (Lipinski definition) is 7. The molecule has 1 fully saturated rings. The van der Waals surface area contributed by atoms with Crippen LogP contribution in [0.1, 0.15) is 18.5 Å². The molecule has 8 nitrogen and oxygen atoms in total. The monoisotopic (exact) mass is 390 g/mol. The van der Waals surface area contributed by atoms with E-state index in [1.54, 1.807) is 23.1 Å². The molecule has 1 aromatic carbocycles. The smallest absolute Gasteiger partial charge is 0.290 e. The molecule has 2 aliphatic rings. The number of aliphatic hydroxyl groups is 1. The highest BCUT2D eigenvalue weighted by atomic mass is 16.5. The highest BCUT2D eigenvalue weighted by Crippen LogP contribution is 2.40. The topological polar surface area (TPSA) is 88.5 Å². The van der Waals surface area contributed by atoms with Crippen molar-refractivity contribution in [2.45, 2.75) is 13.0 Å². The van der Waals surface area contributed by atoms with Crippen molar-refractivity contribution in [2.24, 2.45) is 0 Å². The van der Waals surface area contributed by atoms with Gasteiger partial charge in [0.2, 0.25) is 0 Å². The van der Waals surface area contributed by atoms with E-state index < -0.39 is 17.7 Å². The van der Waals surface area contributed by atoms with Gasteiger partial charge in [0.25, 0.3) is 5.91 Å². The fraction of sp³-hybridized carbons (Fsp3) is 0.500. The Balaban J connectivity index is 1.92. The molecule has 0 aromatic heterocycles. The van der Waals surface area contributed by atoms with Gasteiger partial charge in [-0.2, -0.15) is 0 Å². The third-order valence-electron chi connectivity index (χ3n) is 5.17. The molecule has 2 aliphatic heterocycles. The summed E-state index contributed by atoms with van der Waals surface area (Å²) in [6.07, 6.45) is 0. The van der Waals surface area contributed by atoms with E-state index in [4.69, 9.17) is 14.2 Å². The number of carbonyl (C=O) groups excluding carboxylic acids is 2. The molecule has 28 heavy (non-hydrogen) atoms. The molecule has 1 N–H and O–H groups in total. The Kier molecular flexibility index (Phi) is 6.21. The Morgan fingerprint density at radius 3 is 2.46 bits per heavy atom. The lowest BCUT2D eigenvalue weighted by Gasteiger charge is -2.31. The minimum absolute atomic E-state index is 0.110. The molecular weight excluding hydrogens is 364 g/mol. The van der Waals surface area contributed by atoms with Crippen LogP contribution in [0.4, 0.5) is 0 Å². The second-order valence-corrected chi connectivity index (χ2v) is 6.79. The van der Waals surface area contributed by atoms with E-state index in [9.17, 15) is 14.7 Å². The number of carbonyl (C=O) groups is 2. The SMILES string of the molecule is COc1ccc(C2C(C(C)=O)=C(O)C(=O)N2CCN2CCOCC2)cc1OC. The summed E-state index contributed by atoms with van der Waals surface area (Å²) in [5, 5.41) is 10.4. The first-order valence-electron chi connectivity index (χ1n) is 9.25. The summed E-state index contributed by atoms with van der Waals surface area (Å²) in [5.74, 6) is -0.296. The number of ketones is 1. The van der Waals surface area contributed by atoms with Gasteiger partial charge < -0.3 is 24.2 Å². The van der Waals surface area contributed by atoms with E-state index in [1.807, 2.05) is 0 Å². The summed E-state index contributed by atoms with van der Waals surface area (Å²) in [4.78, 5) is 28.7. The van der Waals surface area contributed by atoms with Crippen molar-refractivity contribution in [3.05, 3.63) is 35.1 Å². The van der Waals surface area contributed by atoms with Crippen LogP contribution in [0.2, 0.25) is 0 Å². The zero-order chi connectivity index (χ0) is 20.3. The van der Waals surface area contributed by atoms with Crippen LogP contribution in [-0.4, -0.2) is 80.2 Å². The van der Waals surface area contributed by atoms with Crippen molar-refractivity contribution < 1.29 is 28.9 Å². The maximum Gasteiger partial charge on any atom is 0.290 e. The predicted octanol–water partition coefficient (Wildman–Crippen LogP) is 1.32. The fourth-order valence-electron chi connectivity index (χ4n) is 3.69. The first kappa shape index (κ1) is 20.2. The number of hydrogen-bond donors (Lipinski definition) is 1. The average molecular weight is 390 g/mol. The van der Waals surface area contributed by atoms with Gasteiger partial charge in [-0.3, -0.25) is 14.5 Å². The summed E-state index contributed by atoms with van der Waals surface area (Å²) in [5.41, 5.74) is 0.793. The van der Waals surface area contributed by atoms with Gasteiger partial charge in [-0.15, -0.1) is 0 Å². The average Bonchev–Trinajstić information content (AvgIpc) is 2.97. The van der Waals surface area contributed by atoms with Gasteiger partial charge in [0.1, 0.15) is 0 Å². The van der Waals surface area contributed by atoms with Crippen LogP contribution >= 0.6 is 0 Å². The Hall–Kier alpha value is -2.58. The van der Waals surface area contributed by atoms with Crippen molar-refractivity contribution in [1.82, 2.24) is 9.80 Å². The summed E-state index contributed by atoms with van der Waals surface area (Å²) in [6.45, 7) is 5.29. The van der Waals surface area contributed by atoms with Crippen LogP contribution in [-0.2, 0) is 14.3 Å². The van der Waals surface area contributed by atoms with Crippen LogP contribution in [0.5, 0.6) is 11.5 Å². The maximum atomic E-state index is 12.7. The van der Waals surface area contributed by atoms with Crippen LogP contribution < -0.4 is 9.47 Å². The molecule has 0 bridgehead atoms. The maximum absolute atomic E-state index is 12.7. The van der Waals surface area contributed by atoms with E-state index in [2.05, 4.69) is 4.90 Å². The molecule has 1 aromatic rings. The first-order valence-corrected chi connectivity index (χ1v) is 9.25. The molecular formula is C20H26N2O6. The number of amides is 1. The minimum Gasteiger partial charge on any atom is -0.503 e. The van der Waals surface area contributed by atoms with E-state index in [0.717, 1.165) is 13.1 Å². The van der Waals surface area contributed by atoms with Gasteiger partial charge in [-0.1, -0.05) is 6.07 Å². The lowest BCUT2D eigenvalue weighted by atomic mass is 9.96. The normalized spacial score (nSPS) is 20.6. The summed E-state index contributed by atoms with van der Waals surface area (Å²) in [6, 6.07) is 4.58. The third kappa shape index (κ3) is 3.83. The standard InChI is InChI=1S/C20H26N2O6/c1-13(23)17-18(14-4-5-15(26-2)16(12-14)27-3)22(20(25)19(17)24)7-6-21-8-10-28-11-9-21/h4-5,12,18,24H,6-11H2,1-3H3. The molecule has 8 heteroatoms. The number of methoxy groups -OCH3 is 2. The predicted molar refractivity (Wildman–Crippen MR) is 102 cm³/mol. The van der Waals surface area contributed by atoms with Crippen LogP contribution in [0, 0.1) is 0 Å². The zero-order valence-electron chi connectivity index (χ0n) is 16.4. The Morgan fingerprint density at radius 2 is 1.86 bits per heavy atom. The Morgan fingerprint density at radius 1 is 1.18 bits per heavy atom. The highest BCUT2D eigenvalue weighted by Gasteiger charge is 2.42. The molecule has 2 heterocycles. The highest BCUT2D eigenvalue weighted by molar-refractivity contribution is 6.08. The number of Topliss-reactive ketones (excluding diaryl/α,β-unsaturated/α-hetero) is 1. The first-order chi connectivity index (χ1) is 13.5. The second kappa shape index (κ2) is 8.62. The van der Waals surface area contributed by atoms with Crippen LogP contribution in [0.3, 0.4) is 0 Å². The van der Waals surface area contributed by atoms with E-state index in [0.29, 0.717) is 43.4 Å². The Bertz CT molecular complexity index is 785. The van der Waals surface area contributed by atoms with E-state index in [-0.39, 0.29) is 11.4 Å². The summed E-state index contributed by atoms with van der Waals surface area (Å²) < 4.78 is 16.0. The largest absolute Gasteiger partial charge is 0.503 e. The molecule has 0 spiro atoms. The van der Waals surface area contributed by atoms with Gasteiger partial charge in [0.15, 0.2) is 23.0 Å². The molecule has 0 radical (unpaired) electrons. The third-order valence-corrected chi connectivity index (χ3v) is 5.17. The number of nitrogens with zero attached hydrogens (tertiary/aromatic N) is 2. The van der Waals surface area contributed by atoms with Crippen molar-refractivity contribution in [1.29, 1.82) is 0 Å². The number of rotatable bonds is 7. The van der Waals surface area contributed by atoms with Crippen LogP contribution in [0.15, 0.2) is 29.5 Å². The number of benzene rings is 1. The molecule has 0 saturated carbocycles.